The number of nitrogens with zero attached hydrogens (tertiary/aromatic N) is 4. The van der Waals surface area contributed by atoms with Crippen LogP contribution in [0.1, 0.15) is 16.1 Å². The van der Waals surface area contributed by atoms with Crippen LogP contribution in [0, 0.1) is 6.92 Å². The lowest BCUT2D eigenvalue weighted by Gasteiger charge is -2.12. The lowest BCUT2D eigenvalue weighted by atomic mass is 10.3. The highest BCUT2D eigenvalue weighted by Gasteiger charge is 2.12. The third-order valence-electron chi connectivity index (χ3n) is 3.28. The van der Waals surface area contributed by atoms with E-state index < -0.39 is 0 Å². The Labute approximate surface area is 128 Å². The van der Waals surface area contributed by atoms with E-state index in [1.807, 2.05) is 60.8 Å². The Morgan fingerprint density at radius 2 is 2.05 bits per heavy atom. The fourth-order valence-electron chi connectivity index (χ4n) is 2.12. The van der Waals surface area contributed by atoms with E-state index in [9.17, 15) is 4.79 Å². The van der Waals surface area contributed by atoms with Gasteiger partial charge in [-0.1, -0.05) is 6.07 Å². The van der Waals surface area contributed by atoms with E-state index in [4.69, 9.17) is 0 Å². The van der Waals surface area contributed by atoms with Gasteiger partial charge in [-0.25, -0.2) is 9.97 Å². The molecular formula is C16H17N5O. The van der Waals surface area contributed by atoms with Crippen molar-refractivity contribution in [3.8, 4) is 0 Å². The van der Waals surface area contributed by atoms with Crippen molar-refractivity contribution in [1.29, 1.82) is 0 Å². The summed E-state index contributed by atoms with van der Waals surface area (Å²) in [7, 11) is 3.80. The second-order valence-corrected chi connectivity index (χ2v) is 5.33. The van der Waals surface area contributed by atoms with Gasteiger partial charge in [0, 0.05) is 26.5 Å². The van der Waals surface area contributed by atoms with Gasteiger partial charge in [0.15, 0.2) is 0 Å². The summed E-state index contributed by atoms with van der Waals surface area (Å²) in [6, 6.07) is 9.39. The Bertz CT molecular complexity index is 837. The summed E-state index contributed by atoms with van der Waals surface area (Å²) in [5.74, 6) is 1.01. The first-order valence-corrected chi connectivity index (χ1v) is 6.94. The van der Waals surface area contributed by atoms with E-state index in [1.165, 1.54) is 0 Å². The van der Waals surface area contributed by atoms with Crippen molar-refractivity contribution in [3.63, 3.8) is 0 Å². The zero-order chi connectivity index (χ0) is 15.7. The smallest absolute Gasteiger partial charge is 0.277 e. The van der Waals surface area contributed by atoms with Crippen molar-refractivity contribution in [2.75, 3.05) is 24.3 Å². The molecule has 0 atom stereocenters. The highest BCUT2D eigenvalue weighted by Crippen LogP contribution is 2.13. The highest BCUT2D eigenvalue weighted by molar-refractivity contribution is 6.02. The predicted octanol–water partition coefficient (Wildman–Crippen LogP) is 2.36. The van der Waals surface area contributed by atoms with E-state index >= 15 is 0 Å². The first-order chi connectivity index (χ1) is 10.5. The van der Waals surface area contributed by atoms with Crippen LogP contribution in [0.3, 0.4) is 0 Å². The number of carbonyl (C=O) groups excluding carboxylic acids is 1. The van der Waals surface area contributed by atoms with Crippen LogP contribution >= 0.6 is 0 Å². The monoisotopic (exact) mass is 295 g/mol. The summed E-state index contributed by atoms with van der Waals surface area (Å²) < 4.78 is 1.82. The van der Waals surface area contributed by atoms with Crippen molar-refractivity contribution in [1.82, 2.24) is 14.4 Å². The van der Waals surface area contributed by atoms with Gasteiger partial charge in [0.25, 0.3) is 5.91 Å². The van der Waals surface area contributed by atoms with Crippen LogP contribution in [0.5, 0.6) is 0 Å². The van der Waals surface area contributed by atoms with Crippen molar-refractivity contribution in [3.05, 3.63) is 54.0 Å². The Hall–Kier alpha value is -2.89. The largest absolute Gasteiger partial charge is 0.363 e. The second-order valence-electron chi connectivity index (χ2n) is 5.33. The van der Waals surface area contributed by atoms with E-state index in [0.29, 0.717) is 11.5 Å². The Balaban J connectivity index is 1.85. The predicted molar refractivity (Wildman–Crippen MR) is 86.4 cm³/mol. The highest BCUT2D eigenvalue weighted by atomic mass is 16.2. The average Bonchev–Trinajstić information content (AvgIpc) is 2.90. The molecule has 0 spiro atoms. The molecule has 0 saturated heterocycles. The molecule has 3 rings (SSSR count). The first kappa shape index (κ1) is 14.1. The summed E-state index contributed by atoms with van der Waals surface area (Å²) in [6.45, 7) is 1.99. The zero-order valence-corrected chi connectivity index (χ0v) is 12.7. The number of imidazole rings is 1. The molecule has 3 aromatic heterocycles. The molecule has 0 radical (unpaired) electrons. The van der Waals surface area contributed by atoms with E-state index in [-0.39, 0.29) is 5.91 Å². The Kier molecular flexibility index (Phi) is 3.50. The molecule has 0 aromatic carbocycles. The third kappa shape index (κ3) is 2.76. The maximum Gasteiger partial charge on any atom is 0.277 e. The fourth-order valence-corrected chi connectivity index (χ4v) is 2.12. The van der Waals surface area contributed by atoms with Crippen LogP contribution in [-0.4, -0.2) is 34.4 Å². The minimum atomic E-state index is -0.273. The number of aromatic nitrogens is 3. The lowest BCUT2D eigenvalue weighted by Crippen LogP contribution is -2.15. The molecule has 0 aliphatic rings. The van der Waals surface area contributed by atoms with E-state index in [2.05, 4.69) is 15.3 Å². The second kappa shape index (κ2) is 5.48. The third-order valence-corrected chi connectivity index (χ3v) is 3.28. The number of rotatable bonds is 3. The van der Waals surface area contributed by atoms with Crippen LogP contribution in [0.25, 0.3) is 5.65 Å². The summed E-state index contributed by atoms with van der Waals surface area (Å²) in [5, 5.41) is 2.78. The van der Waals surface area contributed by atoms with Gasteiger partial charge in [-0.15, -0.1) is 0 Å². The van der Waals surface area contributed by atoms with Crippen molar-refractivity contribution in [2.45, 2.75) is 6.92 Å². The molecule has 112 valence electrons. The number of hydrogen-bond acceptors (Lipinski definition) is 4. The number of nitrogens with one attached hydrogen (secondary N) is 1. The first-order valence-electron chi connectivity index (χ1n) is 6.94. The van der Waals surface area contributed by atoms with Crippen molar-refractivity contribution >= 4 is 23.2 Å². The molecule has 3 aromatic rings. The van der Waals surface area contributed by atoms with Crippen LogP contribution in [0.4, 0.5) is 11.6 Å². The molecule has 1 amide bonds. The molecule has 6 nitrogen and oxygen atoms in total. The summed E-state index contributed by atoms with van der Waals surface area (Å²) in [4.78, 5) is 22.9. The standard InChI is InChI=1S/C16H17N5O/c1-11-7-8-21-10-12(17-15(21)9-11)16(22)19-13-5-4-6-14(18-13)20(2)3/h4-10H,1-3H3,(H,18,19,22). The average molecular weight is 295 g/mol. The van der Waals surface area contributed by atoms with Crippen LogP contribution < -0.4 is 10.2 Å². The zero-order valence-electron chi connectivity index (χ0n) is 12.7. The van der Waals surface area contributed by atoms with Gasteiger partial charge in [0.1, 0.15) is 23.0 Å². The topological polar surface area (TPSA) is 62.5 Å². The van der Waals surface area contributed by atoms with Gasteiger partial charge >= 0.3 is 0 Å². The number of amides is 1. The quantitative estimate of drug-likeness (QED) is 0.805. The molecule has 0 unspecified atom stereocenters. The number of aryl methyl sites for hydroxylation is 1. The van der Waals surface area contributed by atoms with Gasteiger partial charge in [0.2, 0.25) is 0 Å². The Morgan fingerprint density at radius 1 is 1.23 bits per heavy atom. The molecule has 1 N–H and O–H groups in total. The summed E-state index contributed by atoms with van der Waals surface area (Å²) in [5.41, 5.74) is 2.22. The molecule has 0 aliphatic carbocycles. The molecule has 3 heterocycles. The molecule has 0 aliphatic heterocycles. The maximum atomic E-state index is 12.3. The lowest BCUT2D eigenvalue weighted by molar-refractivity contribution is 0.102. The molecule has 0 bridgehead atoms. The minimum absolute atomic E-state index is 0.273. The van der Waals surface area contributed by atoms with Crippen LogP contribution in [-0.2, 0) is 0 Å². The molecular weight excluding hydrogens is 278 g/mol. The fraction of sp³-hybridized carbons (Fsp3) is 0.188. The van der Waals surface area contributed by atoms with Gasteiger partial charge < -0.3 is 14.6 Å². The van der Waals surface area contributed by atoms with E-state index in [0.717, 1.165) is 17.0 Å². The SMILES string of the molecule is Cc1ccn2cc(C(=O)Nc3cccc(N(C)C)n3)nc2c1. The molecule has 0 saturated carbocycles. The van der Waals surface area contributed by atoms with E-state index in [1.54, 1.807) is 12.3 Å². The van der Waals surface area contributed by atoms with Crippen LogP contribution in [0.15, 0.2) is 42.7 Å². The number of pyridine rings is 2. The number of anilines is 2. The van der Waals surface area contributed by atoms with Crippen molar-refractivity contribution < 1.29 is 4.79 Å². The minimum Gasteiger partial charge on any atom is -0.363 e. The molecule has 6 heteroatoms. The normalized spacial score (nSPS) is 10.7. The number of carbonyl (C=O) groups is 1. The Morgan fingerprint density at radius 3 is 2.82 bits per heavy atom. The van der Waals surface area contributed by atoms with Gasteiger partial charge in [-0.2, -0.15) is 0 Å². The number of hydrogen-bond donors (Lipinski definition) is 1. The number of fused-ring (bicyclic) bond motifs is 1. The maximum absolute atomic E-state index is 12.3. The summed E-state index contributed by atoms with van der Waals surface area (Å²) >= 11 is 0. The van der Waals surface area contributed by atoms with Crippen molar-refractivity contribution in [2.24, 2.45) is 0 Å². The van der Waals surface area contributed by atoms with Gasteiger partial charge in [0.05, 0.1) is 0 Å². The van der Waals surface area contributed by atoms with Gasteiger partial charge in [-0.3, -0.25) is 4.79 Å². The van der Waals surface area contributed by atoms with Crippen LogP contribution in [0.2, 0.25) is 0 Å². The van der Waals surface area contributed by atoms with Gasteiger partial charge in [-0.05, 0) is 36.8 Å². The molecule has 22 heavy (non-hydrogen) atoms. The summed E-state index contributed by atoms with van der Waals surface area (Å²) in [6.07, 6.45) is 3.60. The molecule has 0 fully saturated rings.